The van der Waals surface area contributed by atoms with Crippen molar-refractivity contribution in [2.45, 2.75) is 91.8 Å². The molecule has 2 amide bonds. The summed E-state index contributed by atoms with van der Waals surface area (Å²) in [5.41, 5.74) is 0. The molecule has 31 heavy (non-hydrogen) atoms. The fraction of sp³-hybridized carbons (Fsp3) is 0.864. The van der Waals surface area contributed by atoms with E-state index in [2.05, 4.69) is 31.4 Å². The van der Waals surface area contributed by atoms with E-state index in [1.807, 2.05) is 6.92 Å². The van der Waals surface area contributed by atoms with Crippen LogP contribution in [-0.2, 0) is 14.4 Å². The normalized spacial score (nSPS) is 19.5. The molecule has 182 valence electrons. The highest BCUT2D eigenvalue weighted by molar-refractivity contribution is 5.86. The Hall–Kier alpha value is -1.55. The molecule has 6 N–H and O–H groups in total. The van der Waals surface area contributed by atoms with Crippen molar-refractivity contribution < 1.29 is 34.8 Å². The van der Waals surface area contributed by atoms with E-state index in [0.29, 0.717) is 11.8 Å². The van der Waals surface area contributed by atoms with Gasteiger partial charge < -0.3 is 31.1 Å². The Balaban J connectivity index is 4.74. The van der Waals surface area contributed by atoms with Crippen LogP contribution < -0.4 is 10.6 Å². The first kappa shape index (κ1) is 29.5. The zero-order valence-corrected chi connectivity index (χ0v) is 19.8. The van der Waals surface area contributed by atoms with Crippen molar-refractivity contribution in [3.63, 3.8) is 0 Å². The molecule has 0 aromatic heterocycles. The predicted molar refractivity (Wildman–Crippen MR) is 117 cm³/mol. The quantitative estimate of drug-likeness (QED) is 0.219. The van der Waals surface area contributed by atoms with Gasteiger partial charge in [-0.2, -0.15) is 0 Å². The minimum Gasteiger partial charge on any atom is -0.392 e. The van der Waals surface area contributed by atoms with Gasteiger partial charge in [-0.3, -0.25) is 14.4 Å². The van der Waals surface area contributed by atoms with E-state index < -0.39 is 60.5 Å². The van der Waals surface area contributed by atoms with Crippen LogP contribution in [-0.4, -0.2) is 75.0 Å². The van der Waals surface area contributed by atoms with E-state index in [-0.39, 0.29) is 5.92 Å². The minimum atomic E-state index is -1.76. The molecule has 8 atom stereocenters. The molecule has 0 spiro atoms. The maximum atomic E-state index is 12.4. The lowest BCUT2D eigenvalue weighted by molar-refractivity contribution is -0.136. The van der Waals surface area contributed by atoms with Gasteiger partial charge in [0.2, 0.25) is 11.8 Å². The third-order valence-electron chi connectivity index (χ3n) is 5.54. The van der Waals surface area contributed by atoms with Gasteiger partial charge in [0, 0.05) is 0 Å². The smallest absolute Gasteiger partial charge is 0.239 e. The van der Waals surface area contributed by atoms with Gasteiger partial charge in [-0.25, -0.2) is 0 Å². The monoisotopic (exact) mass is 446 g/mol. The number of ketones is 1. The first-order valence-electron chi connectivity index (χ1n) is 11.0. The van der Waals surface area contributed by atoms with E-state index in [0.717, 1.165) is 19.8 Å². The molecule has 0 fully saturated rings. The van der Waals surface area contributed by atoms with Crippen LogP contribution >= 0.6 is 0 Å². The Morgan fingerprint density at radius 2 is 1.39 bits per heavy atom. The molecule has 9 heteroatoms. The molecule has 0 radical (unpaired) electrons. The molecule has 0 aliphatic heterocycles. The first-order valence-corrected chi connectivity index (χ1v) is 11.0. The largest absolute Gasteiger partial charge is 0.392 e. The maximum absolute atomic E-state index is 12.4. The third kappa shape index (κ3) is 10.5. The van der Waals surface area contributed by atoms with Crippen LogP contribution in [0.2, 0.25) is 0 Å². The average molecular weight is 447 g/mol. The molecule has 0 rings (SSSR count). The van der Waals surface area contributed by atoms with Gasteiger partial charge in [0.15, 0.2) is 5.78 Å². The lowest BCUT2D eigenvalue weighted by Gasteiger charge is -2.29. The summed E-state index contributed by atoms with van der Waals surface area (Å²) in [6.07, 6.45) is -3.76. The van der Waals surface area contributed by atoms with Crippen molar-refractivity contribution in [2.24, 2.45) is 23.7 Å². The summed E-state index contributed by atoms with van der Waals surface area (Å²) in [5, 5.41) is 44.8. The molecule has 0 aromatic rings. The highest BCUT2D eigenvalue weighted by Crippen LogP contribution is 2.24. The average Bonchev–Trinajstić information content (AvgIpc) is 2.66. The molecule has 0 saturated heterocycles. The van der Waals surface area contributed by atoms with Gasteiger partial charge in [-0.05, 0) is 44.4 Å². The molecular formula is C22H42N2O7. The molecule has 9 nitrogen and oxygen atoms in total. The van der Waals surface area contributed by atoms with Crippen LogP contribution in [0.15, 0.2) is 0 Å². The molecule has 0 aliphatic rings. The summed E-state index contributed by atoms with van der Waals surface area (Å²) in [6.45, 7) is 11.8. The second-order valence-corrected chi connectivity index (χ2v) is 9.32. The van der Waals surface area contributed by atoms with Crippen LogP contribution in [0.3, 0.4) is 0 Å². The number of carbonyl (C=O) groups is 3. The number of Topliss-reactive ketones (excluding diaryl/α,β-unsaturated/α-hetero) is 1. The number of hydrogen-bond donors (Lipinski definition) is 6. The summed E-state index contributed by atoms with van der Waals surface area (Å²) >= 11 is 0. The van der Waals surface area contributed by atoms with E-state index in [4.69, 9.17) is 0 Å². The van der Waals surface area contributed by atoms with Crippen molar-refractivity contribution in [2.75, 3.05) is 6.54 Å². The summed E-state index contributed by atoms with van der Waals surface area (Å²) < 4.78 is 0. The second kappa shape index (κ2) is 13.8. The zero-order valence-electron chi connectivity index (χ0n) is 19.8. The molecule has 0 aromatic carbocycles. The lowest BCUT2D eigenvalue weighted by atomic mass is 9.84. The van der Waals surface area contributed by atoms with Crippen molar-refractivity contribution in [3.8, 4) is 0 Å². The van der Waals surface area contributed by atoms with Gasteiger partial charge in [0.25, 0.3) is 0 Å². The number of hydrogen-bond acceptors (Lipinski definition) is 7. The molecule has 0 heterocycles. The van der Waals surface area contributed by atoms with Crippen molar-refractivity contribution in [1.29, 1.82) is 0 Å². The summed E-state index contributed by atoms with van der Waals surface area (Å²) in [4.78, 5) is 35.8. The van der Waals surface area contributed by atoms with Gasteiger partial charge in [0.05, 0.1) is 30.7 Å². The van der Waals surface area contributed by atoms with Crippen LogP contribution in [0.25, 0.3) is 0 Å². The van der Waals surface area contributed by atoms with E-state index in [9.17, 15) is 34.8 Å². The van der Waals surface area contributed by atoms with Gasteiger partial charge in [-0.15, -0.1) is 0 Å². The topological polar surface area (TPSA) is 156 Å². The Morgan fingerprint density at radius 3 is 1.84 bits per heavy atom. The lowest BCUT2D eigenvalue weighted by Crippen LogP contribution is -2.57. The van der Waals surface area contributed by atoms with Crippen LogP contribution in [0.4, 0.5) is 0 Å². The molecule has 0 aliphatic carbocycles. The van der Waals surface area contributed by atoms with Crippen molar-refractivity contribution in [3.05, 3.63) is 0 Å². The number of amides is 2. The summed E-state index contributed by atoms with van der Waals surface area (Å²) in [6, 6.07) is -1.30. The highest BCUT2D eigenvalue weighted by atomic mass is 16.3. The van der Waals surface area contributed by atoms with Gasteiger partial charge in [0.1, 0.15) is 12.2 Å². The minimum absolute atomic E-state index is 0.0915. The Bertz CT molecular complexity index is 582. The fourth-order valence-corrected chi connectivity index (χ4v) is 3.82. The Kier molecular flexibility index (Phi) is 13.1. The summed E-state index contributed by atoms with van der Waals surface area (Å²) in [7, 11) is 0. The number of rotatable bonds is 14. The molecular weight excluding hydrogens is 404 g/mol. The van der Waals surface area contributed by atoms with Gasteiger partial charge in [-0.1, -0.05) is 34.6 Å². The van der Waals surface area contributed by atoms with Crippen LogP contribution in [0.1, 0.15) is 61.3 Å². The number of aliphatic hydroxyl groups excluding tert-OH is 4. The SMILES string of the molecule is CC(=O)C(O)C(O)C(NC(=O)CNC(=O)C(C)C(O)C(C)CC(C)CC(C)C)C(C)O. The van der Waals surface area contributed by atoms with Gasteiger partial charge >= 0.3 is 0 Å². The second-order valence-electron chi connectivity index (χ2n) is 9.32. The van der Waals surface area contributed by atoms with Crippen molar-refractivity contribution in [1.82, 2.24) is 10.6 Å². The molecule has 8 unspecified atom stereocenters. The number of carbonyl (C=O) groups excluding carboxylic acids is 3. The summed E-state index contributed by atoms with van der Waals surface area (Å²) in [5.74, 6) is -1.77. The van der Waals surface area contributed by atoms with Crippen molar-refractivity contribution >= 4 is 17.6 Å². The maximum Gasteiger partial charge on any atom is 0.239 e. The predicted octanol–water partition coefficient (Wildman–Crippen LogP) is -0.0156. The molecule has 0 bridgehead atoms. The fourth-order valence-electron chi connectivity index (χ4n) is 3.82. The van der Waals surface area contributed by atoms with Crippen LogP contribution in [0, 0.1) is 23.7 Å². The van der Waals surface area contributed by atoms with E-state index in [1.54, 1.807) is 6.92 Å². The van der Waals surface area contributed by atoms with E-state index in [1.165, 1.54) is 6.92 Å². The number of nitrogens with one attached hydrogen (secondary N) is 2. The Labute approximate surface area is 185 Å². The number of aliphatic hydroxyl groups is 4. The zero-order chi connectivity index (χ0) is 24.5. The molecule has 0 saturated carbocycles. The standard InChI is InChI=1S/C22H42N2O7/c1-11(2)8-12(3)9-13(4)19(28)14(5)22(31)23-10-17(27)24-18(15(6)25)21(30)20(29)16(7)26/h11-15,18-21,25,28-30H,8-10H2,1-7H3,(H,23,31)(H,24,27). The highest BCUT2D eigenvalue weighted by Gasteiger charge is 2.34. The Morgan fingerprint density at radius 1 is 0.839 bits per heavy atom. The third-order valence-corrected chi connectivity index (χ3v) is 5.54. The van der Waals surface area contributed by atoms with Crippen LogP contribution in [0.5, 0.6) is 0 Å². The van der Waals surface area contributed by atoms with E-state index >= 15 is 0 Å². The first-order chi connectivity index (χ1) is 14.2.